The molecule has 2 rings (SSSR count). The van der Waals surface area contributed by atoms with E-state index in [0.717, 1.165) is 17.2 Å². The largest absolute Gasteiger partial charge is 0.376 e. The van der Waals surface area contributed by atoms with Gasteiger partial charge in [-0.2, -0.15) is 0 Å². The number of aryl methyl sites for hydroxylation is 1. The lowest BCUT2D eigenvalue weighted by Crippen LogP contribution is -2.13. The number of rotatable bonds is 4. The molecule has 0 aliphatic heterocycles. The predicted octanol–water partition coefficient (Wildman–Crippen LogP) is 0.888. The van der Waals surface area contributed by atoms with Crippen molar-refractivity contribution in [1.82, 2.24) is 20.0 Å². The number of nitrogens with one attached hydrogen (secondary N) is 1. The van der Waals surface area contributed by atoms with Crippen molar-refractivity contribution in [2.75, 3.05) is 24.3 Å². The van der Waals surface area contributed by atoms with Crippen LogP contribution in [0.5, 0.6) is 0 Å². The SMILES string of the molecule is CN(C)c1ncccc1NCc1cn(C)nn1. The Labute approximate surface area is 100 Å². The van der Waals surface area contributed by atoms with Gasteiger partial charge in [-0.1, -0.05) is 5.21 Å². The van der Waals surface area contributed by atoms with E-state index < -0.39 is 0 Å². The average Bonchev–Trinajstić information content (AvgIpc) is 2.73. The summed E-state index contributed by atoms with van der Waals surface area (Å²) >= 11 is 0. The maximum Gasteiger partial charge on any atom is 0.151 e. The van der Waals surface area contributed by atoms with E-state index in [9.17, 15) is 0 Å². The molecule has 2 heterocycles. The van der Waals surface area contributed by atoms with Crippen molar-refractivity contribution in [1.29, 1.82) is 0 Å². The first kappa shape index (κ1) is 11.4. The molecule has 1 N–H and O–H groups in total. The summed E-state index contributed by atoms with van der Waals surface area (Å²) in [5.74, 6) is 0.913. The van der Waals surface area contributed by atoms with E-state index in [0.29, 0.717) is 6.54 Å². The summed E-state index contributed by atoms with van der Waals surface area (Å²) in [5.41, 5.74) is 1.89. The van der Waals surface area contributed by atoms with Crippen molar-refractivity contribution in [2.24, 2.45) is 7.05 Å². The minimum atomic E-state index is 0.639. The van der Waals surface area contributed by atoms with E-state index in [2.05, 4.69) is 20.6 Å². The van der Waals surface area contributed by atoms with Crippen molar-refractivity contribution in [2.45, 2.75) is 6.54 Å². The average molecular weight is 232 g/mol. The van der Waals surface area contributed by atoms with Crippen LogP contribution < -0.4 is 10.2 Å². The molecule has 0 bridgehead atoms. The van der Waals surface area contributed by atoms with Crippen molar-refractivity contribution in [3.63, 3.8) is 0 Å². The summed E-state index contributed by atoms with van der Waals surface area (Å²) in [7, 11) is 5.79. The topological polar surface area (TPSA) is 58.9 Å². The number of pyridine rings is 1. The monoisotopic (exact) mass is 232 g/mol. The van der Waals surface area contributed by atoms with Crippen LogP contribution in [0, 0.1) is 0 Å². The first-order chi connectivity index (χ1) is 8.16. The Morgan fingerprint density at radius 3 is 2.88 bits per heavy atom. The summed E-state index contributed by atoms with van der Waals surface area (Å²) in [4.78, 5) is 6.29. The third-order valence-corrected chi connectivity index (χ3v) is 2.32. The van der Waals surface area contributed by atoms with Crippen LogP contribution in [0.15, 0.2) is 24.5 Å². The molecule has 2 aromatic rings. The Morgan fingerprint density at radius 1 is 1.41 bits per heavy atom. The van der Waals surface area contributed by atoms with Crippen LogP contribution in [0.25, 0.3) is 0 Å². The molecular weight excluding hydrogens is 216 g/mol. The molecular formula is C11H16N6. The second-order valence-electron chi connectivity index (χ2n) is 4.01. The quantitative estimate of drug-likeness (QED) is 0.848. The lowest BCUT2D eigenvalue weighted by molar-refractivity contribution is 0.713. The van der Waals surface area contributed by atoms with Gasteiger partial charge in [-0.05, 0) is 12.1 Å². The van der Waals surface area contributed by atoms with Crippen LogP contribution in [0.4, 0.5) is 11.5 Å². The van der Waals surface area contributed by atoms with E-state index in [1.54, 1.807) is 10.9 Å². The second-order valence-corrected chi connectivity index (χ2v) is 4.01. The van der Waals surface area contributed by atoms with Crippen molar-refractivity contribution >= 4 is 11.5 Å². The Bertz CT molecular complexity index is 490. The van der Waals surface area contributed by atoms with Crippen LogP contribution in [0.3, 0.4) is 0 Å². The number of hydrogen-bond acceptors (Lipinski definition) is 5. The van der Waals surface area contributed by atoms with Gasteiger partial charge in [-0.15, -0.1) is 5.10 Å². The zero-order chi connectivity index (χ0) is 12.3. The summed E-state index contributed by atoms with van der Waals surface area (Å²) in [6.45, 7) is 0.639. The van der Waals surface area contributed by atoms with Crippen LogP contribution in [-0.2, 0) is 13.6 Å². The molecule has 6 heteroatoms. The molecule has 0 spiro atoms. The van der Waals surface area contributed by atoms with E-state index in [1.165, 1.54) is 0 Å². The van der Waals surface area contributed by atoms with Gasteiger partial charge in [0.15, 0.2) is 5.82 Å². The second kappa shape index (κ2) is 4.82. The molecule has 0 atom stereocenters. The maximum atomic E-state index is 4.32. The highest BCUT2D eigenvalue weighted by Crippen LogP contribution is 2.20. The lowest BCUT2D eigenvalue weighted by atomic mass is 10.3. The zero-order valence-corrected chi connectivity index (χ0v) is 10.3. The fraction of sp³-hybridized carbons (Fsp3) is 0.364. The Hall–Kier alpha value is -2.11. The lowest BCUT2D eigenvalue weighted by Gasteiger charge is -2.16. The molecule has 6 nitrogen and oxygen atoms in total. The molecule has 0 saturated heterocycles. The standard InChI is InChI=1S/C11H16N6/c1-16(2)11-10(5-4-6-12-11)13-7-9-8-17(3)15-14-9/h4-6,8,13H,7H2,1-3H3. The molecule has 17 heavy (non-hydrogen) atoms. The molecule has 0 saturated carbocycles. The van der Waals surface area contributed by atoms with Crippen molar-refractivity contribution < 1.29 is 0 Å². The van der Waals surface area contributed by atoms with Gasteiger partial charge in [0.1, 0.15) is 5.69 Å². The zero-order valence-electron chi connectivity index (χ0n) is 10.3. The highest BCUT2D eigenvalue weighted by molar-refractivity contribution is 5.64. The van der Waals surface area contributed by atoms with Crippen molar-refractivity contribution in [3.05, 3.63) is 30.2 Å². The van der Waals surface area contributed by atoms with Crippen LogP contribution in [0.1, 0.15) is 5.69 Å². The molecule has 0 unspecified atom stereocenters. The summed E-state index contributed by atoms with van der Waals surface area (Å²) in [6, 6.07) is 3.91. The van der Waals surface area contributed by atoms with Crippen molar-refractivity contribution in [3.8, 4) is 0 Å². The first-order valence-corrected chi connectivity index (χ1v) is 5.38. The fourth-order valence-electron chi connectivity index (χ4n) is 1.55. The number of aromatic nitrogens is 4. The molecule has 0 amide bonds. The van der Waals surface area contributed by atoms with E-state index in [-0.39, 0.29) is 0 Å². The van der Waals surface area contributed by atoms with E-state index in [4.69, 9.17) is 0 Å². The number of nitrogens with zero attached hydrogens (tertiary/aromatic N) is 5. The van der Waals surface area contributed by atoms with Crippen LogP contribution >= 0.6 is 0 Å². The molecule has 2 aromatic heterocycles. The fourth-order valence-corrected chi connectivity index (χ4v) is 1.55. The summed E-state index contributed by atoms with van der Waals surface area (Å²) in [5, 5.41) is 11.2. The van der Waals surface area contributed by atoms with E-state index >= 15 is 0 Å². The third kappa shape index (κ3) is 2.72. The molecule has 0 aliphatic rings. The first-order valence-electron chi connectivity index (χ1n) is 5.38. The van der Waals surface area contributed by atoms with Gasteiger partial charge < -0.3 is 10.2 Å². The molecule has 90 valence electrons. The number of anilines is 2. The molecule has 0 fully saturated rings. The minimum absolute atomic E-state index is 0.639. The summed E-state index contributed by atoms with van der Waals surface area (Å²) < 4.78 is 1.69. The molecule has 0 aliphatic carbocycles. The predicted molar refractivity (Wildman–Crippen MR) is 66.9 cm³/mol. The van der Waals surface area contributed by atoms with E-state index in [1.807, 2.05) is 44.4 Å². The normalized spacial score (nSPS) is 10.3. The smallest absolute Gasteiger partial charge is 0.151 e. The molecule has 0 aromatic carbocycles. The van der Waals surface area contributed by atoms with Gasteiger partial charge in [0.25, 0.3) is 0 Å². The third-order valence-electron chi connectivity index (χ3n) is 2.32. The van der Waals surface area contributed by atoms with Gasteiger partial charge in [0.2, 0.25) is 0 Å². The number of hydrogen-bond donors (Lipinski definition) is 1. The van der Waals surface area contributed by atoms with Gasteiger partial charge in [0.05, 0.1) is 12.2 Å². The molecule has 0 radical (unpaired) electrons. The maximum absolute atomic E-state index is 4.32. The Balaban J connectivity index is 2.08. The highest BCUT2D eigenvalue weighted by Gasteiger charge is 2.05. The Kier molecular flexibility index (Phi) is 3.22. The minimum Gasteiger partial charge on any atom is -0.376 e. The van der Waals surface area contributed by atoms with Gasteiger partial charge >= 0.3 is 0 Å². The van der Waals surface area contributed by atoms with Crippen LogP contribution in [-0.4, -0.2) is 34.1 Å². The highest BCUT2D eigenvalue weighted by atomic mass is 15.4. The summed E-state index contributed by atoms with van der Waals surface area (Å²) in [6.07, 6.45) is 3.67. The van der Waals surface area contributed by atoms with Gasteiger partial charge in [0, 0.05) is 33.5 Å². The van der Waals surface area contributed by atoms with Gasteiger partial charge in [-0.25, -0.2) is 4.98 Å². The Morgan fingerprint density at radius 2 is 2.24 bits per heavy atom. The van der Waals surface area contributed by atoms with Gasteiger partial charge in [-0.3, -0.25) is 4.68 Å². The van der Waals surface area contributed by atoms with Crippen LogP contribution in [0.2, 0.25) is 0 Å².